The normalized spacial score (nSPS) is 11.9. The lowest BCUT2D eigenvalue weighted by atomic mass is 10.1. The molecule has 5 nitrogen and oxygen atoms in total. The summed E-state index contributed by atoms with van der Waals surface area (Å²) in [7, 11) is 1.64. The SMILES string of the molecule is Cn1c(=O)n(C(C)(C)C(=O)O)c2ccccc21. The summed E-state index contributed by atoms with van der Waals surface area (Å²) < 4.78 is 2.77. The molecule has 0 atom stereocenters. The van der Waals surface area contributed by atoms with Crippen LogP contribution in [-0.4, -0.2) is 20.2 Å². The molecule has 1 aromatic heterocycles. The molecule has 1 aromatic carbocycles. The van der Waals surface area contributed by atoms with Gasteiger partial charge in [0.2, 0.25) is 0 Å². The van der Waals surface area contributed by atoms with Crippen molar-refractivity contribution >= 4 is 17.0 Å². The molecular weight excluding hydrogens is 220 g/mol. The van der Waals surface area contributed by atoms with Crippen LogP contribution in [0.5, 0.6) is 0 Å². The van der Waals surface area contributed by atoms with Gasteiger partial charge in [-0.25, -0.2) is 9.59 Å². The Kier molecular flexibility index (Phi) is 2.34. The third-order valence-corrected chi connectivity index (χ3v) is 3.04. The van der Waals surface area contributed by atoms with Crippen LogP contribution in [0.15, 0.2) is 29.1 Å². The minimum absolute atomic E-state index is 0.321. The lowest BCUT2D eigenvalue weighted by Gasteiger charge is -2.21. The zero-order valence-electron chi connectivity index (χ0n) is 9.97. The van der Waals surface area contributed by atoms with Crippen molar-refractivity contribution in [2.45, 2.75) is 19.4 Å². The summed E-state index contributed by atoms with van der Waals surface area (Å²) in [6.07, 6.45) is 0. The molecule has 2 aromatic rings. The van der Waals surface area contributed by atoms with Gasteiger partial charge in [0.05, 0.1) is 11.0 Å². The van der Waals surface area contributed by atoms with E-state index in [2.05, 4.69) is 0 Å². The molecule has 0 unspecified atom stereocenters. The number of rotatable bonds is 2. The number of para-hydroxylation sites is 2. The fourth-order valence-electron chi connectivity index (χ4n) is 1.93. The lowest BCUT2D eigenvalue weighted by Crippen LogP contribution is -2.42. The van der Waals surface area contributed by atoms with E-state index in [1.807, 2.05) is 6.07 Å². The van der Waals surface area contributed by atoms with Gasteiger partial charge in [-0.2, -0.15) is 0 Å². The third-order valence-electron chi connectivity index (χ3n) is 3.04. The summed E-state index contributed by atoms with van der Waals surface area (Å²) in [5, 5.41) is 9.22. The molecule has 0 amide bonds. The maximum atomic E-state index is 12.1. The van der Waals surface area contributed by atoms with E-state index in [0.29, 0.717) is 5.52 Å². The second-order valence-corrected chi connectivity index (χ2v) is 4.53. The van der Waals surface area contributed by atoms with Crippen molar-refractivity contribution in [3.8, 4) is 0 Å². The summed E-state index contributed by atoms with van der Waals surface area (Å²) in [5.74, 6) is -1.03. The minimum atomic E-state index is -1.27. The van der Waals surface area contributed by atoms with Gasteiger partial charge in [-0.1, -0.05) is 12.1 Å². The van der Waals surface area contributed by atoms with Crippen LogP contribution in [0.2, 0.25) is 0 Å². The highest BCUT2D eigenvalue weighted by Gasteiger charge is 2.33. The molecule has 0 aliphatic heterocycles. The highest BCUT2D eigenvalue weighted by molar-refractivity contribution is 5.82. The molecule has 0 bridgehead atoms. The highest BCUT2D eigenvalue weighted by Crippen LogP contribution is 2.20. The molecule has 2 rings (SSSR count). The smallest absolute Gasteiger partial charge is 0.329 e. The van der Waals surface area contributed by atoms with Crippen molar-refractivity contribution in [3.63, 3.8) is 0 Å². The number of fused-ring (bicyclic) bond motifs is 1. The van der Waals surface area contributed by atoms with E-state index in [9.17, 15) is 14.7 Å². The summed E-state index contributed by atoms with van der Waals surface area (Å²) >= 11 is 0. The Balaban J connectivity index is 2.92. The number of hydrogen-bond acceptors (Lipinski definition) is 2. The molecular formula is C12H14N2O3. The van der Waals surface area contributed by atoms with Crippen LogP contribution in [0.1, 0.15) is 13.8 Å². The van der Waals surface area contributed by atoms with Crippen molar-refractivity contribution in [2.24, 2.45) is 7.05 Å². The van der Waals surface area contributed by atoms with E-state index in [1.54, 1.807) is 25.2 Å². The minimum Gasteiger partial charge on any atom is -0.480 e. The molecule has 17 heavy (non-hydrogen) atoms. The van der Waals surface area contributed by atoms with Gasteiger partial charge >= 0.3 is 11.7 Å². The second kappa shape index (κ2) is 3.48. The molecule has 0 fully saturated rings. The van der Waals surface area contributed by atoms with Crippen molar-refractivity contribution in [1.82, 2.24) is 9.13 Å². The van der Waals surface area contributed by atoms with Crippen LogP contribution in [-0.2, 0) is 17.4 Å². The summed E-state index contributed by atoms with van der Waals surface area (Å²) in [6.45, 7) is 3.03. The zero-order valence-corrected chi connectivity index (χ0v) is 9.97. The largest absolute Gasteiger partial charge is 0.480 e. The molecule has 1 heterocycles. The number of nitrogens with zero attached hydrogens (tertiary/aromatic N) is 2. The predicted octanol–water partition coefficient (Wildman–Crippen LogP) is 1.16. The average Bonchev–Trinajstić information content (AvgIpc) is 2.52. The lowest BCUT2D eigenvalue weighted by molar-refractivity contribution is -0.145. The first-order valence-corrected chi connectivity index (χ1v) is 5.27. The van der Waals surface area contributed by atoms with E-state index in [0.717, 1.165) is 5.52 Å². The van der Waals surface area contributed by atoms with Gasteiger partial charge in [-0.3, -0.25) is 9.13 Å². The number of hydrogen-bond donors (Lipinski definition) is 1. The van der Waals surface area contributed by atoms with E-state index in [-0.39, 0.29) is 5.69 Å². The molecule has 0 saturated carbocycles. The summed E-state index contributed by atoms with van der Waals surface area (Å²) in [4.78, 5) is 23.4. The van der Waals surface area contributed by atoms with Crippen molar-refractivity contribution in [3.05, 3.63) is 34.7 Å². The summed E-state index contributed by atoms with van der Waals surface area (Å²) in [5.41, 5.74) is -0.226. The van der Waals surface area contributed by atoms with Crippen LogP contribution in [0, 0.1) is 0 Å². The first-order valence-electron chi connectivity index (χ1n) is 5.27. The van der Waals surface area contributed by atoms with Gasteiger partial charge < -0.3 is 5.11 Å². The average molecular weight is 234 g/mol. The van der Waals surface area contributed by atoms with Crippen molar-refractivity contribution < 1.29 is 9.90 Å². The molecule has 0 saturated heterocycles. The molecule has 0 radical (unpaired) electrons. The third kappa shape index (κ3) is 1.46. The molecule has 90 valence electrons. The Labute approximate surface area is 97.9 Å². The second-order valence-electron chi connectivity index (χ2n) is 4.53. The number of imidazole rings is 1. The van der Waals surface area contributed by atoms with Crippen LogP contribution < -0.4 is 5.69 Å². The van der Waals surface area contributed by atoms with Crippen LogP contribution in [0.4, 0.5) is 0 Å². The van der Waals surface area contributed by atoms with Gasteiger partial charge in [0.25, 0.3) is 0 Å². The first kappa shape index (κ1) is 11.4. The van der Waals surface area contributed by atoms with E-state index in [4.69, 9.17) is 0 Å². The first-order chi connectivity index (χ1) is 7.87. The Morgan fingerprint density at radius 2 is 1.76 bits per heavy atom. The maximum Gasteiger partial charge on any atom is 0.329 e. The Hall–Kier alpha value is -2.04. The molecule has 5 heteroatoms. The van der Waals surface area contributed by atoms with Gasteiger partial charge in [-0.15, -0.1) is 0 Å². The molecule has 0 aliphatic rings. The van der Waals surface area contributed by atoms with Crippen LogP contribution in [0.25, 0.3) is 11.0 Å². The topological polar surface area (TPSA) is 64.2 Å². The number of aromatic nitrogens is 2. The van der Waals surface area contributed by atoms with Gasteiger partial charge in [0.1, 0.15) is 5.54 Å². The standard InChI is InChI=1S/C12H14N2O3/c1-12(2,10(15)16)14-9-7-5-4-6-8(9)13(3)11(14)17/h4-7H,1-3H3,(H,15,16). The molecule has 0 aliphatic carbocycles. The van der Waals surface area contributed by atoms with Crippen molar-refractivity contribution in [1.29, 1.82) is 0 Å². The number of aryl methyl sites for hydroxylation is 1. The molecule has 1 N–H and O–H groups in total. The van der Waals surface area contributed by atoms with Crippen molar-refractivity contribution in [2.75, 3.05) is 0 Å². The van der Waals surface area contributed by atoms with Gasteiger partial charge in [0, 0.05) is 7.05 Å². The number of aliphatic carboxylic acids is 1. The number of carbonyl (C=O) groups is 1. The number of benzene rings is 1. The number of carboxylic acid groups (broad SMARTS) is 1. The quantitative estimate of drug-likeness (QED) is 0.848. The monoisotopic (exact) mass is 234 g/mol. The van der Waals surface area contributed by atoms with Gasteiger partial charge in [0.15, 0.2) is 0 Å². The Morgan fingerprint density at radius 1 is 1.24 bits per heavy atom. The van der Waals surface area contributed by atoms with E-state index in [1.165, 1.54) is 23.0 Å². The van der Waals surface area contributed by atoms with Gasteiger partial charge in [-0.05, 0) is 26.0 Å². The zero-order chi connectivity index (χ0) is 12.8. The fourth-order valence-corrected chi connectivity index (χ4v) is 1.93. The Morgan fingerprint density at radius 3 is 2.29 bits per heavy atom. The highest BCUT2D eigenvalue weighted by atomic mass is 16.4. The van der Waals surface area contributed by atoms with E-state index >= 15 is 0 Å². The maximum absolute atomic E-state index is 12.1. The molecule has 0 spiro atoms. The predicted molar refractivity (Wildman–Crippen MR) is 64.1 cm³/mol. The fraction of sp³-hybridized carbons (Fsp3) is 0.333. The van der Waals surface area contributed by atoms with Crippen LogP contribution >= 0.6 is 0 Å². The number of carboxylic acids is 1. The van der Waals surface area contributed by atoms with E-state index < -0.39 is 11.5 Å². The summed E-state index contributed by atoms with van der Waals surface area (Å²) in [6, 6.07) is 7.16. The Bertz CT molecular complexity index is 649. The van der Waals surface area contributed by atoms with Crippen LogP contribution in [0.3, 0.4) is 0 Å².